The Balaban J connectivity index is 2.35. The number of nitrogens with one attached hydrogen (secondary N) is 1. The molecule has 0 aromatic heterocycles. The first-order valence-corrected chi connectivity index (χ1v) is 6.56. The van der Waals surface area contributed by atoms with Crippen LogP contribution in [-0.2, 0) is 9.59 Å². The summed E-state index contributed by atoms with van der Waals surface area (Å²) in [7, 11) is 0. The van der Waals surface area contributed by atoms with Gasteiger partial charge >= 0.3 is 5.97 Å². The maximum atomic E-state index is 11.5. The minimum Gasteiger partial charge on any atom is -0.490 e. The quantitative estimate of drug-likeness (QED) is 0.610. The minimum atomic E-state index is -1.48. The van der Waals surface area contributed by atoms with Crippen molar-refractivity contribution in [2.24, 2.45) is 0 Å². The number of aliphatic hydroxyl groups excluding tert-OH is 1. The molecule has 0 bridgehead atoms. The molecule has 0 aliphatic heterocycles. The van der Waals surface area contributed by atoms with Crippen LogP contribution in [0.3, 0.4) is 0 Å². The number of carbonyl (C=O) groups is 2. The fourth-order valence-corrected chi connectivity index (χ4v) is 1.51. The zero-order valence-corrected chi connectivity index (χ0v) is 11.7. The van der Waals surface area contributed by atoms with E-state index in [1.807, 2.05) is 6.92 Å². The van der Waals surface area contributed by atoms with Crippen LogP contribution in [-0.4, -0.2) is 48.0 Å². The second-order valence-electron chi connectivity index (χ2n) is 4.16. The average Bonchev–Trinajstić information content (AvgIpc) is 2.46. The summed E-state index contributed by atoms with van der Waals surface area (Å²) in [5.74, 6) is -0.709. The summed E-state index contributed by atoms with van der Waals surface area (Å²) in [6, 6.07) is 6.98. The van der Waals surface area contributed by atoms with Crippen LogP contribution >= 0.6 is 0 Å². The van der Waals surface area contributed by atoms with Gasteiger partial charge in [0, 0.05) is 13.0 Å². The molecule has 0 aliphatic carbocycles. The third-order valence-corrected chi connectivity index (χ3v) is 2.53. The van der Waals surface area contributed by atoms with Crippen LogP contribution in [0.25, 0.3) is 0 Å². The third kappa shape index (κ3) is 6.13. The van der Waals surface area contributed by atoms with Gasteiger partial charge in [-0.3, -0.25) is 4.79 Å². The lowest BCUT2D eigenvalue weighted by molar-refractivity contribution is -0.147. The summed E-state index contributed by atoms with van der Waals surface area (Å²) in [6.07, 6.45) is -1.54. The Kier molecular flexibility index (Phi) is 7.03. The predicted octanol–water partition coefficient (Wildman–Crippen LogP) is 0.416. The van der Waals surface area contributed by atoms with E-state index in [4.69, 9.17) is 19.7 Å². The van der Waals surface area contributed by atoms with Gasteiger partial charge in [0.05, 0.1) is 6.61 Å². The Hall–Kier alpha value is -2.28. The number of carboxylic acid groups (broad SMARTS) is 1. The largest absolute Gasteiger partial charge is 0.490 e. The Morgan fingerprint density at radius 3 is 2.43 bits per heavy atom. The average molecular weight is 297 g/mol. The number of para-hydroxylation sites is 2. The molecule has 7 nitrogen and oxygen atoms in total. The molecule has 116 valence electrons. The van der Waals surface area contributed by atoms with Crippen LogP contribution in [0.15, 0.2) is 24.3 Å². The van der Waals surface area contributed by atoms with Crippen molar-refractivity contribution < 1.29 is 29.3 Å². The molecule has 0 aliphatic rings. The van der Waals surface area contributed by atoms with Crippen molar-refractivity contribution >= 4 is 11.9 Å². The normalized spacial score (nSPS) is 11.5. The third-order valence-electron chi connectivity index (χ3n) is 2.53. The maximum absolute atomic E-state index is 11.5. The van der Waals surface area contributed by atoms with E-state index in [2.05, 4.69) is 5.32 Å². The molecule has 1 aromatic carbocycles. The first-order chi connectivity index (χ1) is 10.0. The van der Waals surface area contributed by atoms with E-state index in [-0.39, 0.29) is 19.6 Å². The first-order valence-electron chi connectivity index (χ1n) is 6.56. The molecule has 1 rings (SSSR count). The molecular formula is C14H19NO6. The van der Waals surface area contributed by atoms with Crippen molar-refractivity contribution in [1.29, 1.82) is 0 Å². The maximum Gasteiger partial charge on any atom is 0.332 e. The Morgan fingerprint density at radius 1 is 1.24 bits per heavy atom. The molecule has 7 heteroatoms. The smallest absolute Gasteiger partial charge is 0.332 e. The van der Waals surface area contributed by atoms with E-state index >= 15 is 0 Å². The lowest BCUT2D eigenvalue weighted by atomic mass is 10.2. The van der Waals surface area contributed by atoms with E-state index in [9.17, 15) is 9.59 Å². The molecule has 0 heterocycles. The Labute approximate surface area is 122 Å². The van der Waals surface area contributed by atoms with E-state index in [1.54, 1.807) is 24.3 Å². The van der Waals surface area contributed by atoms with Crippen LogP contribution < -0.4 is 14.8 Å². The fraction of sp³-hybridized carbons (Fsp3) is 0.429. The molecule has 3 N–H and O–H groups in total. The first kappa shape index (κ1) is 16.8. The molecule has 1 aromatic rings. The number of ether oxygens (including phenoxy) is 2. The molecular weight excluding hydrogens is 278 g/mol. The zero-order valence-electron chi connectivity index (χ0n) is 11.7. The molecule has 0 saturated heterocycles. The van der Waals surface area contributed by atoms with Crippen molar-refractivity contribution in [2.75, 3.05) is 19.8 Å². The highest BCUT2D eigenvalue weighted by atomic mass is 16.5. The molecule has 0 saturated carbocycles. The highest BCUT2D eigenvalue weighted by Crippen LogP contribution is 2.26. The van der Waals surface area contributed by atoms with Gasteiger partial charge in [-0.1, -0.05) is 12.1 Å². The van der Waals surface area contributed by atoms with Crippen molar-refractivity contribution in [3.63, 3.8) is 0 Å². The number of benzene rings is 1. The standard InChI is InChI=1S/C14H19NO6/c1-2-20-11-5-3-4-6-12(11)21-9-13(17)15-8-7-10(16)14(18)19/h3-6,10,16H,2,7-9H2,1H3,(H,15,17)(H,18,19)/t10-/m0/s1. The van der Waals surface area contributed by atoms with Crippen LogP contribution in [0.2, 0.25) is 0 Å². The van der Waals surface area contributed by atoms with Gasteiger partial charge in [-0.2, -0.15) is 0 Å². The SMILES string of the molecule is CCOc1ccccc1OCC(=O)NCC[C@H](O)C(=O)O. The molecule has 0 spiro atoms. The number of amides is 1. The topological polar surface area (TPSA) is 105 Å². The molecule has 1 amide bonds. The van der Waals surface area contributed by atoms with Gasteiger partial charge in [0.1, 0.15) is 0 Å². The van der Waals surface area contributed by atoms with Gasteiger partial charge in [0.25, 0.3) is 5.91 Å². The Morgan fingerprint density at radius 2 is 1.86 bits per heavy atom. The lowest BCUT2D eigenvalue weighted by Gasteiger charge is -2.12. The highest BCUT2D eigenvalue weighted by molar-refractivity contribution is 5.77. The summed E-state index contributed by atoms with van der Waals surface area (Å²) in [6.45, 7) is 2.17. The van der Waals surface area contributed by atoms with Crippen molar-refractivity contribution in [3.8, 4) is 11.5 Å². The summed E-state index contributed by atoms with van der Waals surface area (Å²) >= 11 is 0. The van der Waals surface area contributed by atoms with Gasteiger partial charge in [0.2, 0.25) is 0 Å². The van der Waals surface area contributed by atoms with Crippen LogP contribution in [0.5, 0.6) is 11.5 Å². The summed E-state index contributed by atoms with van der Waals surface area (Å²) < 4.78 is 10.7. The van der Waals surface area contributed by atoms with Crippen LogP contribution in [0.4, 0.5) is 0 Å². The van der Waals surface area contributed by atoms with Gasteiger partial charge in [-0.25, -0.2) is 4.79 Å². The number of aliphatic carboxylic acids is 1. The number of aliphatic hydroxyl groups is 1. The number of carboxylic acids is 1. The number of hydrogen-bond acceptors (Lipinski definition) is 5. The van der Waals surface area contributed by atoms with E-state index in [1.165, 1.54) is 0 Å². The van der Waals surface area contributed by atoms with Gasteiger partial charge in [0.15, 0.2) is 24.2 Å². The van der Waals surface area contributed by atoms with Crippen molar-refractivity contribution in [2.45, 2.75) is 19.4 Å². The molecule has 1 atom stereocenters. The lowest BCUT2D eigenvalue weighted by Crippen LogP contribution is -2.33. The van der Waals surface area contributed by atoms with Crippen LogP contribution in [0.1, 0.15) is 13.3 Å². The summed E-state index contributed by atoms with van der Waals surface area (Å²) in [5.41, 5.74) is 0. The second kappa shape index (κ2) is 8.80. The van der Waals surface area contributed by atoms with Gasteiger partial charge in [-0.05, 0) is 19.1 Å². The molecule has 0 fully saturated rings. The van der Waals surface area contributed by atoms with Crippen molar-refractivity contribution in [1.82, 2.24) is 5.32 Å². The zero-order chi connectivity index (χ0) is 15.7. The minimum absolute atomic E-state index is 0.0583. The van der Waals surface area contributed by atoms with Crippen molar-refractivity contribution in [3.05, 3.63) is 24.3 Å². The van der Waals surface area contributed by atoms with Crippen LogP contribution in [0, 0.1) is 0 Å². The number of rotatable bonds is 9. The molecule has 21 heavy (non-hydrogen) atoms. The van der Waals surface area contributed by atoms with E-state index in [0.29, 0.717) is 18.1 Å². The van der Waals surface area contributed by atoms with E-state index in [0.717, 1.165) is 0 Å². The highest BCUT2D eigenvalue weighted by Gasteiger charge is 2.13. The van der Waals surface area contributed by atoms with Gasteiger partial charge < -0.3 is 25.0 Å². The fourth-order valence-electron chi connectivity index (χ4n) is 1.51. The van der Waals surface area contributed by atoms with E-state index < -0.39 is 18.0 Å². The second-order valence-corrected chi connectivity index (χ2v) is 4.16. The summed E-state index contributed by atoms with van der Waals surface area (Å²) in [5, 5.41) is 20.0. The molecule has 0 unspecified atom stereocenters. The summed E-state index contributed by atoms with van der Waals surface area (Å²) in [4.78, 5) is 21.9. The molecule has 0 radical (unpaired) electrons. The number of hydrogen-bond donors (Lipinski definition) is 3. The Bertz CT molecular complexity index is 476. The number of carbonyl (C=O) groups excluding carboxylic acids is 1. The predicted molar refractivity (Wildman–Crippen MR) is 74.4 cm³/mol. The van der Waals surface area contributed by atoms with Gasteiger partial charge in [-0.15, -0.1) is 0 Å². The monoisotopic (exact) mass is 297 g/mol.